The van der Waals surface area contributed by atoms with E-state index < -0.39 is 6.10 Å². The predicted octanol–water partition coefficient (Wildman–Crippen LogP) is 3.12. The summed E-state index contributed by atoms with van der Waals surface area (Å²) < 4.78 is 5.90. The molecule has 12 heavy (non-hydrogen) atoms. The van der Waals surface area contributed by atoms with E-state index in [0.717, 1.165) is 6.42 Å². The summed E-state index contributed by atoms with van der Waals surface area (Å²) in [6.45, 7) is 4.05. The lowest BCUT2D eigenvalue weighted by atomic mass is 10.0. The van der Waals surface area contributed by atoms with Crippen molar-refractivity contribution in [3.05, 3.63) is 22.6 Å². The molecule has 2 atom stereocenters. The Balaban J connectivity index is 2.70. The Labute approximate surface area is 80.7 Å². The number of furan rings is 1. The number of hydrogen-bond donors (Lipinski definition) is 1. The molecule has 3 heteroatoms. The van der Waals surface area contributed by atoms with Crippen LogP contribution in [0.3, 0.4) is 0 Å². The van der Waals surface area contributed by atoms with Crippen molar-refractivity contribution in [3.63, 3.8) is 0 Å². The second-order valence-electron chi connectivity index (χ2n) is 2.97. The molecule has 0 amide bonds. The monoisotopic (exact) mass is 232 g/mol. The summed E-state index contributed by atoms with van der Waals surface area (Å²) in [5.41, 5.74) is 0. The second kappa shape index (κ2) is 4.10. The Hall–Kier alpha value is -0.280. The lowest BCUT2D eigenvalue weighted by molar-refractivity contribution is 0.0913. The van der Waals surface area contributed by atoms with Gasteiger partial charge in [0.2, 0.25) is 0 Å². The second-order valence-corrected chi connectivity index (χ2v) is 3.75. The molecule has 1 aromatic rings. The molecule has 1 rings (SSSR count). The SMILES string of the molecule is CCC(C)C(O)c1ccc(Br)o1. The number of aliphatic hydroxyl groups is 1. The maximum Gasteiger partial charge on any atom is 0.169 e. The topological polar surface area (TPSA) is 33.4 Å². The summed E-state index contributed by atoms with van der Waals surface area (Å²) >= 11 is 3.19. The van der Waals surface area contributed by atoms with Crippen molar-refractivity contribution in [3.8, 4) is 0 Å². The van der Waals surface area contributed by atoms with Gasteiger partial charge < -0.3 is 9.52 Å². The molecule has 2 nitrogen and oxygen atoms in total. The van der Waals surface area contributed by atoms with E-state index in [2.05, 4.69) is 15.9 Å². The minimum atomic E-state index is -0.485. The quantitative estimate of drug-likeness (QED) is 0.869. The normalized spacial score (nSPS) is 16.0. The van der Waals surface area contributed by atoms with Crippen LogP contribution in [0.15, 0.2) is 21.2 Å². The van der Waals surface area contributed by atoms with E-state index in [1.54, 1.807) is 12.1 Å². The van der Waals surface area contributed by atoms with Gasteiger partial charge in [-0.2, -0.15) is 0 Å². The van der Waals surface area contributed by atoms with E-state index in [-0.39, 0.29) is 5.92 Å². The van der Waals surface area contributed by atoms with Gasteiger partial charge in [0, 0.05) is 0 Å². The van der Waals surface area contributed by atoms with Gasteiger partial charge in [0.15, 0.2) is 4.67 Å². The van der Waals surface area contributed by atoms with Crippen molar-refractivity contribution in [2.75, 3.05) is 0 Å². The van der Waals surface area contributed by atoms with Crippen LogP contribution in [-0.4, -0.2) is 5.11 Å². The Morgan fingerprint density at radius 2 is 2.25 bits per heavy atom. The fourth-order valence-corrected chi connectivity index (χ4v) is 1.31. The van der Waals surface area contributed by atoms with Crippen molar-refractivity contribution >= 4 is 15.9 Å². The molecule has 1 heterocycles. The molecule has 1 N–H and O–H groups in total. The van der Waals surface area contributed by atoms with E-state index in [9.17, 15) is 5.11 Å². The molecule has 0 aromatic carbocycles. The van der Waals surface area contributed by atoms with Crippen molar-refractivity contribution in [1.82, 2.24) is 0 Å². The molecule has 2 unspecified atom stereocenters. The third-order valence-electron chi connectivity index (χ3n) is 2.07. The third-order valence-corrected chi connectivity index (χ3v) is 2.49. The largest absolute Gasteiger partial charge is 0.452 e. The van der Waals surface area contributed by atoms with E-state index >= 15 is 0 Å². The molecule has 0 radical (unpaired) electrons. The smallest absolute Gasteiger partial charge is 0.169 e. The van der Waals surface area contributed by atoms with Gasteiger partial charge >= 0.3 is 0 Å². The molecule has 0 aliphatic heterocycles. The van der Waals surface area contributed by atoms with Crippen LogP contribution in [0, 0.1) is 5.92 Å². The van der Waals surface area contributed by atoms with Crippen LogP contribution in [0.2, 0.25) is 0 Å². The summed E-state index contributed by atoms with van der Waals surface area (Å²) in [6.07, 6.45) is 0.459. The summed E-state index contributed by atoms with van der Waals surface area (Å²) in [7, 11) is 0. The van der Waals surface area contributed by atoms with Gasteiger partial charge in [-0.05, 0) is 34.0 Å². The highest BCUT2D eigenvalue weighted by Crippen LogP contribution is 2.27. The van der Waals surface area contributed by atoms with E-state index in [1.165, 1.54) is 0 Å². The Kier molecular flexibility index (Phi) is 3.35. The zero-order valence-electron chi connectivity index (χ0n) is 7.25. The van der Waals surface area contributed by atoms with Crippen LogP contribution in [0.4, 0.5) is 0 Å². The van der Waals surface area contributed by atoms with Crippen molar-refractivity contribution in [2.45, 2.75) is 26.4 Å². The minimum Gasteiger partial charge on any atom is -0.452 e. The molecular weight excluding hydrogens is 220 g/mol. The maximum absolute atomic E-state index is 9.69. The Morgan fingerprint density at radius 3 is 2.67 bits per heavy atom. The first-order valence-corrected chi connectivity index (χ1v) is 4.87. The van der Waals surface area contributed by atoms with Crippen molar-refractivity contribution in [1.29, 1.82) is 0 Å². The number of aliphatic hydroxyl groups excluding tert-OH is 1. The van der Waals surface area contributed by atoms with Gasteiger partial charge in [0.05, 0.1) is 0 Å². The highest BCUT2D eigenvalue weighted by molar-refractivity contribution is 9.10. The maximum atomic E-state index is 9.69. The molecule has 0 spiro atoms. The van der Waals surface area contributed by atoms with Crippen LogP contribution in [0.25, 0.3) is 0 Å². The molecular formula is C9H13BrO2. The van der Waals surface area contributed by atoms with Gasteiger partial charge in [-0.3, -0.25) is 0 Å². The number of rotatable bonds is 3. The van der Waals surface area contributed by atoms with E-state index in [4.69, 9.17) is 4.42 Å². The van der Waals surface area contributed by atoms with Crippen LogP contribution in [-0.2, 0) is 0 Å². The summed E-state index contributed by atoms with van der Waals surface area (Å²) in [5, 5.41) is 9.69. The average Bonchev–Trinajstić information content (AvgIpc) is 2.49. The molecule has 0 saturated carbocycles. The first-order chi connectivity index (χ1) is 5.65. The highest BCUT2D eigenvalue weighted by Gasteiger charge is 2.17. The fourth-order valence-electron chi connectivity index (χ4n) is 0.991. The van der Waals surface area contributed by atoms with E-state index in [0.29, 0.717) is 10.4 Å². The Bertz CT molecular complexity index is 244. The predicted molar refractivity (Wildman–Crippen MR) is 50.8 cm³/mol. The minimum absolute atomic E-state index is 0.239. The van der Waals surface area contributed by atoms with Crippen LogP contribution in [0.1, 0.15) is 32.1 Å². The highest BCUT2D eigenvalue weighted by atomic mass is 79.9. The van der Waals surface area contributed by atoms with Crippen LogP contribution in [0.5, 0.6) is 0 Å². The standard InChI is InChI=1S/C9H13BrO2/c1-3-6(2)9(11)7-4-5-8(10)12-7/h4-6,9,11H,3H2,1-2H3. The van der Waals surface area contributed by atoms with Gasteiger partial charge in [-0.15, -0.1) is 0 Å². The summed E-state index contributed by atoms with van der Waals surface area (Å²) in [5.74, 6) is 0.874. The molecule has 1 aromatic heterocycles. The molecule has 0 fully saturated rings. The number of halogens is 1. The van der Waals surface area contributed by atoms with Crippen molar-refractivity contribution in [2.24, 2.45) is 5.92 Å². The van der Waals surface area contributed by atoms with Gasteiger partial charge in [0.25, 0.3) is 0 Å². The van der Waals surface area contributed by atoms with Gasteiger partial charge in [0.1, 0.15) is 11.9 Å². The first kappa shape index (κ1) is 9.81. The molecule has 0 aliphatic carbocycles. The van der Waals surface area contributed by atoms with Crippen molar-refractivity contribution < 1.29 is 9.52 Å². The average molecular weight is 233 g/mol. The zero-order chi connectivity index (χ0) is 9.14. The van der Waals surface area contributed by atoms with Gasteiger partial charge in [-0.1, -0.05) is 20.3 Å². The van der Waals surface area contributed by atoms with E-state index in [1.807, 2.05) is 13.8 Å². The third kappa shape index (κ3) is 2.11. The molecule has 0 saturated heterocycles. The number of hydrogen-bond acceptors (Lipinski definition) is 2. The van der Waals surface area contributed by atoms with Crippen LogP contribution >= 0.6 is 15.9 Å². The molecule has 68 valence electrons. The lowest BCUT2D eigenvalue weighted by Crippen LogP contribution is -2.06. The molecule has 0 bridgehead atoms. The first-order valence-electron chi connectivity index (χ1n) is 4.08. The fraction of sp³-hybridized carbons (Fsp3) is 0.556. The lowest BCUT2D eigenvalue weighted by Gasteiger charge is -2.13. The Morgan fingerprint density at radius 1 is 1.58 bits per heavy atom. The molecule has 0 aliphatic rings. The summed E-state index contributed by atoms with van der Waals surface area (Å²) in [4.78, 5) is 0. The summed E-state index contributed by atoms with van der Waals surface area (Å²) in [6, 6.07) is 3.59. The van der Waals surface area contributed by atoms with Gasteiger partial charge in [-0.25, -0.2) is 0 Å². The van der Waals surface area contributed by atoms with Crippen LogP contribution < -0.4 is 0 Å². The zero-order valence-corrected chi connectivity index (χ0v) is 8.84.